The van der Waals surface area contributed by atoms with Crippen LogP contribution in [0.1, 0.15) is 22.9 Å². The molecule has 1 atom stereocenters. The number of rotatable bonds is 8. The molecule has 0 radical (unpaired) electrons. The van der Waals surface area contributed by atoms with Crippen molar-refractivity contribution in [2.75, 3.05) is 41.4 Å². The molecule has 3 rings (SSSR count). The summed E-state index contributed by atoms with van der Waals surface area (Å²) in [6.07, 6.45) is 0.721. The highest BCUT2D eigenvalue weighted by atomic mass is 32.1. The summed E-state index contributed by atoms with van der Waals surface area (Å²) in [5.41, 5.74) is 0.486. The fourth-order valence-electron chi connectivity index (χ4n) is 3.55. The molecule has 2 aromatic rings. The average molecular weight is 431 g/mol. The number of likely N-dealkylation sites (tertiary alicyclic amines) is 1. The number of ketones is 1. The predicted molar refractivity (Wildman–Crippen MR) is 116 cm³/mol. The Morgan fingerprint density at radius 1 is 1.17 bits per heavy atom. The molecular weight excluding hydrogens is 404 g/mol. The van der Waals surface area contributed by atoms with Crippen LogP contribution in [0.5, 0.6) is 11.5 Å². The Morgan fingerprint density at radius 3 is 2.50 bits per heavy atom. The van der Waals surface area contributed by atoms with Crippen molar-refractivity contribution < 1.29 is 24.2 Å². The Balaban J connectivity index is 2.06. The van der Waals surface area contributed by atoms with Gasteiger partial charge in [0.1, 0.15) is 5.76 Å². The van der Waals surface area contributed by atoms with Crippen LogP contribution in [-0.4, -0.2) is 68.0 Å². The minimum atomic E-state index is -0.675. The zero-order valence-corrected chi connectivity index (χ0v) is 18.4. The van der Waals surface area contributed by atoms with Gasteiger partial charge in [-0.2, -0.15) is 0 Å². The van der Waals surface area contributed by atoms with Crippen molar-refractivity contribution in [1.82, 2.24) is 9.80 Å². The van der Waals surface area contributed by atoms with E-state index >= 15 is 0 Å². The summed E-state index contributed by atoms with van der Waals surface area (Å²) in [7, 11) is 6.94. The van der Waals surface area contributed by atoms with Gasteiger partial charge < -0.3 is 24.4 Å². The van der Waals surface area contributed by atoms with Crippen molar-refractivity contribution >= 4 is 28.8 Å². The number of ether oxygens (including phenoxy) is 2. The molecule has 1 N–H and O–H groups in total. The number of Topliss-reactive ketones (excluding diaryl/α,β-unsaturated/α-hetero) is 1. The van der Waals surface area contributed by atoms with E-state index in [-0.39, 0.29) is 11.3 Å². The standard InChI is InChI=1S/C22H26N2O5S/c1-23(2)10-6-11-24-19(17-7-5-12-30-17)18(21(26)22(24)27)20(25)14-8-9-15(28-3)16(13-14)29-4/h5,7-9,12-13,19,25H,6,10-11H2,1-4H3/b20-18+/t19-/m0/s1. The summed E-state index contributed by atoms with van der Waals surface area (Å²) >= 11 is 1.45. The van der Waals surface area contributed by atoms with Gasteiger partial charge in [-0.05, 0) is 56.7 Å². The maximum Gasteiger partial charge on any atom is 0.295 e. The summed E-state index contributed by atoms with van der Waals surface area (Å²) in [5, 5.41) is 13.0. The maximum absolute atomic E-state index is 12.9. The number of thiophene rings is 1. The minimum Gasteiger partial charge on any atom is -0.507 e. The largest absolute Gasteiger partial charge is 0.507 e. The summed E-state index contributed by atoms with van der Waals surface area (Å²) in [5.74, 6) is -0.551. The highest BCUT2D eigenvalue weighted by Gasteiger charge is 2.46. The van der Waals surface area contributed by atoms with E-state index < -0.39 is 17.7 Å². The lowest BCUT2D eigenvalue weighted by molar-refractivity contribution is -0.139. The zero-order chi connectivity index (χ0) is 21.8. The Bertz CT molecular complexity index is 952. The Kier molecular flexibility index (Phi) is 6.79. The molecule has 1 saturated heterocycles. The zero-order valence-electron chi connectivity index (χ0n) is 17.5. The molecule has 1 fully saturated rings. The number of aliphatic hydroxyl groups is 1. The van der Waals surface area contributed by atoms with Gasteiger partial charge in [0, 0.05) is 17.0 Å². The first kappa shape index (κ1) is 21.9. The van der Waals surface area contributed by atoms with Gasteiger partial charge >= 0.3 is 0 Å². The van der Waals surface area contributed by atoms with Crippen LogP contribution in [0.4, 0.5) is 0 Å². The third kappa shape index (κ3) is 4.20. The summed E-state index contributed by atoms with van der Waals surface area (Å²) in [6.45, 7) is 1.21. The van der Waals surface area contributed by atoms with Gasteiger partial charge in [0.05, 0.1) is 25.8 Å². The van der Waals surface area contributed by atoms with Crippen molar-refractivity contribution in [2.45, 2.75) is 12.5 Å². The van der Waals surface area contributed by atoms with Crippen LogP contribution in [0.15, 0.2) is 41.3 Å². The molecule has 1 aliphatic heterocycles. The van der Waals surface area contributed by atoms with Crippen LogP contribution in [-0.2, 0) is 9.59 Å². The topological polar surface area (TPSA) is 79.3 Å². The van der Waals surface area contributed by atoms with E-state index in [4.69, 9.17) is 9.47 Å². The van der Waals surface area contributed by atoms with Gasteiger partial charge in [-0.3, -0.25) is 9.59 Å². The first-order valence-corrected chi connectivity index (χ1v) is 10.5. The van der Waals surface area contributed by atoms with Gasteiger partial charge in [0.25, 0.3) is 11.7 Å². The number of methoxy groups -OCH3 is 2. The Labute approximate surface area is 180 Å². The highest BCUT2D eigenvalue weighted by molar-refractivity contribution is 7.10. The van der Waals surface area contributed by atoms with Crippen LogP contribution < -0.4 is 9.47 Å². The van der Waals surface area contributed by atoms with Crippen molar-refractivity contribution in [3.63, 3.8) is 0 Å². The van der Waals surface area contributed by atoms with Crippen LogP contribution in [0.3, 0.4) is 0 Å². The average Bonchev–Trinajstić information content (AvgIpc) is 3.35. The first-order chi connectivity index (χ1) is 14.4. The molecule has 1 aromatic heterocycles. The second-order valence-corrected chi connectivity index (χ2v) is 8.21. The molecule has 1 aromatic carbocycles. The molecule has 8 heteroatoms. The number of aliphatic hydroxyl groups excluding tert-OH is 1. The summed E-state index contributed by atoms with van der Waals surface area (Å²) in [4.78, 5) is 30.2. The van der Waals surface area contributed by atoms with Gasteiger partial charge in [0.15, 0.2) is 11.5 Å². The molecule has 1 aliphatic rings. The number of nitrogens with zero attached hydrogens (tertiary/aromatic N) is 2. The fraction of sp³-hybridized carbons (Fsp3) is 0.364. The van der Waals surface area contributed by atoms with Gasteiger partial charge in [0.2, 0.25) is 0 Å². The molecule has 0 aliphatic carbocycles. The van der Waals surface area contributed by atoms with E-state index in [9.17, 15) is 14.7 Å². The van der Waals surface area contributed by atoms with Crippen molar-refractivity contribution in [1.29, 1.82) is 0 Å². The van der Waals surface area contributed by atoms with Crippen molar-refractivity contribution in [3.05, 3.63) is 51.7 Å². The normalized spacial score (nSPS) is 18.3. The second kappa shape index (κ2) is 9.32. The maximum atomic E-state index is 12.9. The number of benzene rings is 1. The van der Waals surface area contributed by atoms with Crippen LogP contribution >= 0.6 is 11.3 Å². The lowest BCUT2D eigenvalue weighted by Gasteiger charge is -2.24. The molecule has 160 valence electrons. The molecule has 7 nitrogen and oxygen atoms in total. The van der Waals surface area contributed by atoms with Crippen LogP contribution in [0, 0.1) is 0 Å². The molecule has 0 bridgehead atoms. The van der Waals surface area contributed by atoms with E-state index in [0.29, 0.717) is 23.6 Å². The number of hydrogen-bond donors (Lipinski definition) is 1. The lowest BCUT2D eigenvalue weighted by atomic mass is 9.99. The monoisotopic (exact) mass is 430 g/mol. The summed E-state index contributed by atoms with van der Waals surface area (Å²) in [6, 6.07) is 8.03. The SMILES string of the molecule is COc1ccc(/C(O)=C2\C(=O)C(=O)N(CCCN(C)C)[C@H]2c2cccs2)cc1OC. The molecule has 2 heterocycles. The molecule has 1 amide bonds. The number of carbonyl (C=O) groups excluding carboxylic acids is 2. The van der Waals surface area contributed by atoms with E-state index in [1.165, 1.54) is 25.6 Å². The molecule has 30 heavy (non-hydrogen) atoms. The molecular formula is C22H26N2O5S. The third-order valence-corrected chi connectivity index (χ3v) is 5.94. The number of amides is 1. The predicted octanol–water partition coefficient (Wildman–Crippen LogP) is 3.14. The van der Waals surface area contributed by atoms with Gasteiger partial charge in [-0.25, -0.2) is 0 Å². The summed E-state index contributed by atoms with van der Waals surface area (Å²) < 4.78 is 10.6. The quantitative estimate of drug-likeness (QED) is 0.394. The second-order valence-electron chi connectivity index (χ2n) is 7.23. The Hall–Kier alpha value is -2.84. The Morgan fingerprint density at radius 2 is 1.90 bits per heavy atom. The van der Waals surface area contributed by atoms with Crippen molar-refractivity contribution in [3.8, 4) is 11.5 Å². The van der Waals surface area contributed by atoms with Gasteiger partial charge in [-0.15, -0.1) is 11.3 Å². The number of hydrogen-bond acceptors (Lipinski definition) is 7. The van der Waals surface area contributed by atoms with Crippen molar-refractivity contribution in [2.24, 2.45) is 0 Å². The first-order valence-electron chi connectivity index (χ1n) is 9.58. The highest BCUT2D eigenvalue weighted by Crippen LogP contribution is 2.42. The fourth-order valence-corrected chi connectivity index (χ4v) is 4.39. The minimum absolute atomic E-state index is 0.0968. The van der Waals surface area contributed by atoms with E-state index in [0.717, 1.165) is 17.8 Å². The van der Waals surface area contributed by atoms with E-state index in [1.54, 1.807) is 23.1 Å². The molecule has 0 saturated carbocycles. The number of carbonyl (C=O) groups is 2. The van der Waals surface area contributed by atoms with Crippen LogP contribution in [0.25, 0.3) is 5.76 Å². The molecule has 0 unspecified atom stereocenters. The van der Waals surface area contributed by atoms with Crippen LogP contribution in [0.2, 0.25) is 0 Å². The third-order valence-electron chi connectivity index (χ3n) is 5.01. The smallest absolute Gasteiger partial charge is 0.295 e. The van der Waals surface area contributed by atoms with E-state index in [2.05, 4.69) is 0 Å². The lowest BCUT2D eigenvalue weighted by Crippen LogP contribution is -2.32. The van der Waals surface area contributed by atoms with E-state index in [1.807, 2.05) is 36.5 Å². The molecule has 0 spiro atoms. The van der Waals surface area contributed by atoms with Gasteiger partial charge in [-0.1, -0.05) is 6.07 Å².